The van der Waals surface area contributed by atoms with Crippen LogP contribution in [0.2, 0.25) is 0 Å². The van der Waals surface area contributed by atoms with Gasteiger partial charge in [0.05, 0.1) is 31.1 Å². The van der Waals surface area contributed by atoms with Crippen molar-refractivity contribution in [3.05, 3.63) is 40.8 Å². The average Bonchev–Trinajstić information content (AvgIpc) is 3.03. The summed E-state index contributed by atoms with van der Waals surface area (Å²) in [6.07, 6.45) is 2.49. The lowest BCUT2D eigenvalue weighted by atomic mass is 9.99. The topological polar surface area (TPSA) is 81.5 Å². The molecule has 0 aliphatic carbocycles. The van der Waals surface area contributed by atoms with E-state index in [0.29, 0.717) is 31.9 Å². The van der Waals surface area contributed by atoms with Gasteiger partial charge in [0.15, 0.2) is 5.69 Å². The lowest BCUT2D eigenvalue weighted by Gasteiger charge is -2.29. The van der Waals surface area contributed by atoms with Crippen molar-refractivity contribution in [3.8, 4) is 0 Å². The normalized spacial score (nSPS) is 22.0. The Bertz CT molecular complexity index is 860. The first-order valence-electron chi connectivity index (χ1n) is 9.80. The third-order valence-electron chi connectivity index (χ3n) is 5.34. The van der Waals surface area contributed by atoms with E-state index in [1.807, 2.05) is 33.0 Å². The molecule has 1 amide bonds. The van der Waals surface area contributed by atoms with E-state index < -0.39 is 0 Å². The summed E-state index contributed by atoms with van der Waals surface area (Å²) in [4.78, 5) is 19.7. The van der Waals surface area contributed by atoms with Gasteiger partial charge in [0, 0.05) is 50.4 Å². The second-order valence-electron chi connectivity index (χ2n) is 7.40. The molecule has 2 aromatic rings. The van der Waals surface area contributed by atoms with Crippen LogP contribution in [0.4, 0.5) is 5.82 Å². The zero-order valence-corrected chi connectivity index (χ0v) is 16.6. The molecule has 0 radical (unpaired) electrons. The minimum absolute atomic E-state index is 0.0657. The number of nitrogens with zero attached hydrogens (tertiary/aromatic N) is 4. The van der Waals surface area contributed by atoms with E-state index in [1.54, 1.807) is 10.9 Å². The van der Waals surface area contributed by atoms with Gasteiger partial charge in [0.1, 0.15) is 5.82 Å². The fourth-order valence-corrected chi connectivity index (χ4v) is 4.11. The summed E-state index contributed by atoms with van der Waals surface area (Å²) < 4.78 is 13.1. The van der Waals surface area contributed by atoms with Crippen molar-refractivity contribution in [2.24, 2.45) is 7.05 Å². The Kier molecular flexibility index (Phi) is 5.32. The van der Waals surface area contributed by atoms with Gasteiger partial charge in [0.2, 0.25) is 0 Å². The molecular formula is C20H27N5O3. The van der Waals surface area contributed by atoms with E-state index in [2.05, 4.69) is 20.3 Å². The maximum atomic E-state index is 12.9. The van der Waals surface area contributed by atoms with Gasteiger partial charge in [-0.05, 0) is 19.9 Å². The van der Waals surface area contributed by atoms with Crippen molar-refractivity contribution < 1.29 is 14.3 Å². The fourth-order valence-electron chi connectivity index (χ4n) is 4.11. The molecule has 150 valence electrons. The second kappa shape index (κ2) is 7.89. The van der Waals surface area contributed by atoms with Crippen LogP contribution in [0, 0.1) is 0 Å². The van der Waals surface area contributed by atoms with Gasteiger partial charge in [-0.3, -0.25) is 9.48 Å². The molecule has 2 aliphatic heterocycles. The predicted octanol–water partition coefficient (Wildman–Crippen LogP) is 1.60. The molecule has 2 aromatic heterocycles. The van der Waals surface area contributed by atoms with Gasteiger partial charge in [-0.25, -0.2) is 4.98 Å². The Morgan fingerprint density at radius 2 is 2.11 bits per heavy atom. The third kappa shape index (κ3) is 3.62. The van der Waals surface area contributed by atoms with Crippen LogP contribution >= 0.6 is 0 Å². The summed E-state index contributed by atoms with van der Waals surface area (Å²) in [7, 11) is 1.86. The van der Waals surface area contributed by atoms with Gasteiger partial charge in [-0.2, -0.15) is 5.10 Å². The molecule has 0 unspecified atom stereocenters. The first kappa shape index (κ1) is 18.9. The van der Waals surface area contributed by atoms with Crippen LogP contribution in [0.1, 0.15) is 47.3 Å². The number of amides is 1. The van der Waals surface area contributed by atoms with Crippen molar-refractivity contribution in [2.45, 2.75) is 39.0 Å². The van der Waals surface area contributed by atoms with E-state index in [-0.39, 0.29) is 18.1 Å². The number of ether oxygens (including phenoxy) is 2. The summed E-state index contributed by atoms with van der Waals surface area (Å²) in [5.41, 5.74) is 3.47. The average molecular weight is 385 g/mol. The molecule has 8 nitrogen and oxygen atoms in total. The molecule has 0 saturated carbocycles. The molecule has 0 aromatic carbocycles. The summed E-state index contributed by atoms with van der Waals surface area (Å²) >= 11 is 0. The lowest BCUT2D eigenvalue weighted by molar-refractivity contribution is -0.00903. The number of rotatable bonds is 4. The molecule has 1 fully saturated rings. The molecule has 8 heteroatoms. The molecule has 2 aliphatic rings. The molecule has 28 heavy (non-hydrogen) atoms. The van der Waals surface area contributed by atoms with Gasteiger partial charge < -0.3 is 19.7 Å². The fraction of sp³-hybridized carbons (Fsp3) is 0.550. The highest BCUT2D eigenvalue weighted by molar-refractivity contribution is 5.94. The zero-order chi connectivity index (χ0) is 19.7. The smallest absolute Gasteiger partial charge is 0.272 e. The molecule has 0 bridgehead atoms. The van der Waals surface area contributed by atoms with Crippen molar-refractivity contribution in [2.75, 3.05) is 31.2 Å². The number of pyridine rings is 1. The van der Waals surface area contributed by atoms with Gasteiger partial charge in [0.25, 0.3) is 5.91 Å². The van der Waals surface area contributed by atoms with Crippen molar-refractivity contribution in [1.82, 2.24) is 20.1 Å². The number of hydrogen-bond acceptors (Lipinski definition) is 6. The Balaban J connectivity index is 1.51. The standard InChI is InChI=1S/C20H27N5O3/c1-13-11-16-17(23-24(3)18(16)14(2)28-13)20(26)22-12-15-5-4-6-21-19(15)25-7-9-27-10-8-25/h4-6,13-14H,7-12H2,1-3H3,(H,22,26)/t13-,14+/m1/s1. The number of aromatic nitrogens is 3. The summed E-state index contributed by atoms with van der Waals surface area (Å²) in [6, 6.07) is 3.90. The maximum Gasteiger partial charge on any atom is 0.272 e. The molecular weight excluding hydrogens is 358 g/mol. The number of anilines is 1. The molecule has 1 saturated heterocycles. The van der Waals surface area contributed by atoms with Crippen LogP contribution in [0.15, 0.2) is 18.3 Å². The predicted molar refractivity (Wildman–Crippen MR) is 104 cm³/mol. The van der Waals surface area contributed by atoms with Crippen LogP contribution in [-0.2, 0) is 29.5 Å². The number of nitrogens with one attached hydrogen (secondary N) is 1. The van der Waals surface area contributed by atoms with E-state index >= 15 is 0 Å². The number of aryl methyl sites for hydroxylation is 1. The molecule has 4 heterocycles. The van der Waals surface area contributed by atoms with Crippen molar-refractivity contribution in [1.29, 1.82) is 0 Å². The van der Waals surface area contributed by atoms with E-state index in [0.717, 1.165) is 35.7 Å². The Labute approximate surface area is 164 Å². The van der Waals surface area contributed by atoms with Crippen LogP contribution in [0.3, 0.4) is 0 Å². The van der Waals surface area contributed by atoms with Crippen LogP contribution in [-0.4, -0.2) is 53.1 Å². The Morgan fingerprint density at radius 3 is 2.89 bits per heavy atom. The van der Waals surface area contributed by atoms with Crippen LogP contribution in [0.5, 0.6) is 0 Å². The zero-order valence-electron chi connectivity index (χ0n) is 16.6. The van der Waals surface area contributed by atoms with E-state index in [4.69, 9.17) is 9.47 Å². The largest absolute Gasteiger partial charge is 0.378 e. The van der Waals surface area contributed by atoms with Crippen molar-refractivity contribution in [3.63, 3.8) is 0 Å². The number of carbonyl (C=O) groups excluding carboxylic acids is 1. The maximum absolute atomic E-state index is 12.9. The first-order valence-corrected chi connectivity index (χ1v) is 9.80. The Morgan fingerprint density at radius 1 is 1.32 bits per heavy atom. The van der Waals surface area contributed by atoms with Crippen LogP contribution in [0.25, 0.3) is 0 Å². The highest BCUT2D eigenvalue weighted by atomic mass is 16.5. The van der Waals surface area contributed by atoms with Crippen molar-refractivity contribution >= 4 is 11.7 Å². The van der Waals surface area contributed by atoms with E-state index in [1.165, 1.54) is 0 Å². The first-order chi connectivity index (χ1) is 13.5. The van der Waals surface area contributed by atoms with E-state index in [9.17, 15) is 4.79 Å². The van der Waals surface area contributed by atoms with Gasteiger partial charge >= 0.3 is 0 Å². The quantitative estimate of drug-likeness (QED) is 0.861. The lowest BCUT2D eigenvalue weighted by Crippen LogP contribution is -2.38. The minimum Gasteiger partial charge on any atom is -0.378 e. The molecule has 2 atom stereocenters. The number of carbonyl (C=O) groups is 1. The number of hydrogen-bond donors (Lipinski definition) is 1. The molecule has 1 N–H and O–H groups in total. The Hall–Kier alpha value is -2.45. The number of fused-ring (bicyclic) bond motifs is 1. The third-order valence-corrected chi connectivity index (χ3v) is 5.34. The molecule has 4 rings (SSSR count). The highest BCUT2D eigenvalue weighted by Gasteiger charge is 2.31. The van der Waals surface area contributed by atoms with Crippen LogP contribution < -0.4 is 10.2 Å². The second-order valence-corrected chi connectivity index (χ2v) is 7.40. The SMILES string of the molecule is C[C@@H]1Cc2c(C(=O)NCc3cccnc3N3CCOCC3)nn(C)c2[C@H](C)O1. The summed E-state index contributed by atoms with van der Waals surface area (Å²) in [5, 5.41) is 7.52. The van der Waals surface area contributed by atoms with Gasteiger partial charge in [-0.1, -0.05) is 6.07 Å². The van der Waals surface area contributed by atoms with Gasteiger partial charge in [-0.15, -0.1) is 0 Å². The summed E-state index contributed by atoms with van der Waals surface area (Å²) in [5.74, 6) is 0.750. The summed E-state index contributed by atoms with van der Waals surface area (Å²) in [6.45, 7) is 7.44. The highest BCUT2D eigenvalue weighted by Crippen LogP contribution is 2.31. The monoisotopic (exact) mass is 385 g/mol. The molecule has 0 spiro atoms. The minimum atomic E-state index is -0.157. The number of morpholine rings is 1.